The molecule has 0 atom stereocenters. The zero-order valence-electron chi connectivity index (χ0n) is 27.3. The molecule has 0 aliphatic heterocycles. The van der Waals surface area contributed by atoms with Gasteiger partial charge in [-0.3, -0.25) is 19.9 Å². The molecule has 0 radical (unpaired) electrons. The van der Waals surface area contributed by atoms with Crippen LogP contribution in [0.25, 0.3) is 88.5 Å². The number of nitrogens with zero attached hydrogens (tertiary/aromatic N) is 8. The van der Waals surface area contributed by atoms with E-state index in [1.165, 1.54) is 12.1 Å². The van der Waals surface area contributed by atoms with Crippen LogP contribution in [0.1, 0.15) is 0 Å². The van der Waals surface area contributed by atoms with E-state index in [2.05, 4.69) is 39.9 Å². The summed E-state index contributed by atoms with van der Waals surface area (Å²) in [6.45, 7) is 0. The van der Waals surface area contributed by atoms with Crippen LogP contribution in [0.4, 0.5) is 8.78 Å². The molecule has 53 heavy (non-hydrogen) atoms. The van der Waals surface area contributed by atoms with Gasteiger partial charge in [-0.1, -0.05) is 59.6 Å². The first kappa shape index (κ1) is 37.2. The van der Waals surface area contributed by atoms with Gasteiger partial charge in [-0.25, -0.2) is 8.78 Å². The van der Waals surface area contributed by atoms with E-state index in [4.69, 9.17) is 23.2 Å². The Labute approximate surface area is 320 Å². The summed E-state index contributed by atoms with van der Waals surface area (Å²) in [5, 5.41) is 3.87. The molecule has 6 aromatic heterocycles. The van der Waals surface area contributed by atoms with Crippen LogP contribution >= 0.6 is 23.2 Å². The van der Waals surface area contributed by atoms with Crippen LogP contribution in [0, 0.1) is 11.6 Å². The minimum atomic E-state index is -0.451. The molecule has 0 spiro atoms. The van der Waals surface area contributed by atoms with E-state index in [1.54, 1.807) is 49.1 Å². The van der Waals surface area contributed by atoms with Crippen molar-refractivity contribution in [2.24, 2.45) is 0 Å². The van der Waals surface area contributed by atoms with Gasteiger partial charge in [0.05, 0.1) is 32.1 Å². The van der Waals surface area contributed by atoms with Crippen molar-refractivity contribution in [2.75, 3.05) is 0 Å². The smallest absolute Gasteiger partial charge is 0.457 e. The molecular formula is C38H23Cl2F2N8O2Zn+. The largest absolute Gasteiger partial charge is 2.00 e. The summed E-state index contributed by atoms with van der Waals surface area (Å²) in [5.41, 5.74) is 6.05. The third-order valence-electron chi connectivity index (χ3n) is 8.39. The monoisotopic (exact) mass is 795 g/mol. The number of hydrogen-bond donors (Lipinski definition) is 0. The van der Waals surface area contributed by atoms with Crippen molar-refractivity contribution in [1.29, 1.82) is 0 Å². The Bertz CT molecular complexity index is 2590. The Morgan fingerprint density at radius 1 is 0.453 bits per heavy atom. The molecule has 10 rings (SSSR count). The number of benzene rings is 4. The number of pyridine rings is 4. The Morgan fingerprint density at radius 3 is 1.15 bits per heavy atom. The molecule has 4 aromatic carbocycles. The summed E-state index contributed by atoms with van der Waals surface area (Å²) in [6.07, 6.45) is 6.86. The van der Waals surface area contributed by atoms with Crippen LogP contribution in [0.5, 0.6) is 0 Å². The molecule has 0 saturated carbocycles. The van der Waals surface area contributed by atoms with E-state index < -0.39 is 11.6 Å². The van der Waals surface area contributed by atoms with Crippen LogP contribution in [0.2, 0.25) is 10.0 Å². The summed E-state index contributed by atoms with van der Waals surface area (Å²) in [6, 6.07) is 24.1. The van der Waals surface area contributed by atoms with Gasteiger partial charge < -0.3 is 30.9 Å². The fourth-order valence-corrected chi connectivity index (χ4v) is 6.72. The maximum Gasteiger partial charge on any atom is 2.00 e. The Balaban J connectivity index is 0.000000172. The van der Waals surface area contributed by atoms with Gasteiger partial charge in [0.25, 0.3) is 0 Å². The van der Waals surface area contributed by atoms with Gasteiger partial charge in [0.15, 0.2) is 0 Å². The number of halogens is 4. The second-order valence-electron chi connectivity index (χ2n) is 11.3. The number of aromatic nitrogens is 8. The maximum absolute atomic E-state index is 14.3. The average Bonchev–Trinajstić information content (AvgIpc) is 3.79. The maximum atomic E-state index is 14.3. The van der Waals surface area contributed by atoms with E-state index in [9.17, 15) is 8.78 Å². The normalized spacial score (nSPS) is 10.9. The summed E-state index contributed by atoms with van der Waals surface area (Å²) in [7, 11) is 0. The quantitative estimate of drug-likeness (QED) is 0.0971. The number of rotatable bonds is 2. The zero-order valence-corrected chi connectivity index (χ0v) is 31.7. The van der Waals surface area contributed by atoms with Gasteiger partial charge in [0, 0.05) is 57.5 Å². The van der Waals surface area contributed by atoms with Crippen LogP contribution in [-0.2, 0) is 25.0 Å². The third-order valence-corrected chi connectivity index (χ3v) is 9.02. The van der Waals surface area contributed by atoms with Gasteiger partial charge in [-0.15, -0.1) is 0 Å². The predicted octanol–water partition coefficient (Wildman–Crippen LogP) is 7.75. The second kappa shape index (κ2) is 14.8. The van der Waals surface area contributed by atoms with Gasteiger partial charge in [0.2, 0.25) is 0 Å². The molecule has 0 amide bonds. The first-order valence-electron chi connectivity index (χ1n) is 15.3. The molecular weight excluding hydrogens is 775 g/mol. The molecule has 0 saturated heterocycles. The minimum Gasteiger partial charge on any atom is -0.457 e. The summed E-state index contributed by atoms with van der Waals surface area (Å²) in [4.78, 5) is 36.1. The van der Waals surface area contributed by atoms with E-state index in [0.717, 1.165) is 43.6 Å². The standard InChI is InChI=1S/2C19H9ClFN4.2H2O.Zn/c2*20-12-6-1-7-13(21)14(12)19-24-17-10-4-2-8-22-15(10)16-11(18(17)25-19)5-3-9-23-16;;;/h2*1-9H;2*1H2;/q2*-1;;;+2/p+1. The fourth-order valence-electron chi connectivity index (χ4n) is 6.22. The van der Waals surface area contributed by atoms with E-state index >= 15 is 0 Å². The topological polar surface area (TPSA) is 170 Å². The number of imidazole rings is 2. The van der Waals surface area contributed by atoms with Crippen LogP contribution in [0.15, 0.2) is 110 Å². The van der Waals surface area contributed by atoms with Crippen LogP contribution in [0.3, 0.4) is 0 Å². The Morgan fingerprint density at radius 2 is 0.792 bits per heavy atom. The molecule has 6 heterocycles. The summed E-state index contributed by atoms with van der Waals surface area (Å²) < 4.78 is 28.6. The molecule has 5 N–H and O–H groups in total. The number of hydrogen-bond acceptors (Lipinski definition) is 6. The van der Waals surface area contributed by atoms with Crippen molar-refractivity contribution in [3.63, 3.8) is 0 Å². The SMILES string of the molecule is Fc1cccc(Cl)c1-c1nc2c3cccnc3c3ncccc3c2[n-]1.Fc1cccc(Cl)c1-c1nc2c3cccnc3c3ncccc3c2[n-]1.O.[OH3+].[Zn+2]. The Kier molecular flexibility index (Phi) is 10.4. The van der Waals surface area contributed by atoms with E-state index in [-0.39, 0.29) is 63.3 Å². The zero-order chi connectivity index (χ0) is 33.9. The molecule has 0 aliphatic carbocycles. The first-order valence-corrected chi connectivity index (χ1v) is 16.0. The predicted molar refractivity (Wildman–Crippen MR) is 201 cm³/mol. The summed E-state index contributed by atoms with van der Waals surface area (Å²) >= 11 is 12.4. The first-order chi connectivity index (χ1) is 24.5. The van der Waals surface area contributed by atoms with Crippen molar-refractivity contribution in [2.45, 2.75) is 0 Å². The van der Waals surface area contributed by atoms with Crippen molar-refractivity contribution >= 4 is 88.9 Å². The van der Waals surface area contributed by atoms with E-state index in [1.807, 2.05) is 48.5 Å². The minimum absolute atomic E-state index is 0. The van der Waals surface area contributed by atoms with E-state index in [0.29, 0.717) is 22.1 Å². The van der Waals surface area contributed by atoms with Crippen LogP contribution in [-0.4, -0.2) is 35.4 Å². The number of fused-ring (bicyclic) bond motifs is 12. The van der Waals surface area contributed by atoms with Crippen molar-refractivity contribution in [3.8, 4) is 22.8 Å². The van der Waals surface area contributed by atoms with Gasteiger partial charge in [-0.05, 0) is 82.2 Å². The molecule has 0 fully saturated rings. The van der Waals surface area contributed by atoms with Crippen molar-refractivity contribution < 1.29 is 39.2 Å². The molecule has 10 aromatic rings. The average molecular weight is 798 g/mol. The fraction of sp³-hybridized carbons (Fsp3) is 0. The molecule has 256 valence electrons. The Hall–Kier alpha value is -5.56. The summed E-state index contributed by atoms with van der Waals surface area (Å²) in [5.74, 6) is -0.375. The van der Waals surface area contributed by atoms with Gasteiger partial charge >= 0.3 is 19.5 Å². The van der Waals surface area contributed by atoms with Gasteiger partial charge in [-0.2, -0.15) is 0 Å². The molecule has 0 unspecified atom stereocenters. The van der Waals surface area contributed by atoms with Crippen LogP contribution < -0.4 is 9.97 Å². The van der Waals surface area contributed by atoms with Crippen molar-refractivity contribution in [1.82, 2.24) is 39.9 Å². The molecule has 15 heteroatoms. The molecule has 0 aliphatic rings. The third kappa shape index (κ3) is 6.12. The molecule has 10 nitrogen and oxygen atoms in total. The van der Waals surface area contributed by atoms with Gasteiger partial charge in [0.1, 0.15) is 11.6 Å². The second-order valence-corrected chi connectivity index (χ2v) is 12.1. The molecule has 0 bridgehead atoms. The van der Waals surface area contributed by atoms with Crippen molar-refractivity contribution in [3.05, 3.63) is 131 Å².